The van der Waals surface area contributed by atoms with Crippen molar-refractivity contribution >= 4 is 29.6 Å². The van der Waals surface area contributed by atoms with E-state index in [1.807, 2.05) is 47.0 Å². The molecule has 0 spiro atoms. The molecule has 0 aliphatic carbocycles. The van der Waals surface area contributed by atoms with Crippen LogP contribution in [-0.2, 0) is 9.47 Å². The zero-order valence-electron chi connectivity index (χ0n) is 20.5. The van der Waals surface area contributed by atoms with Gasteiger partial charge >= 0.3 is 6.09 Å². The number of carbonyl (C=O) groups excluding carboxylic acids is 1. The maximum absolute atomic E-state index is 12.8. The van der Waals surface area contributed by atoms with Crippen molar-refractivity contribution in [1.29, 1.82) is 0 Å². The van der Waals surface area contributed by atoms with Gasteiger partial charge in [-0.2, -0.15) is 15.0 Å². The Hall–Kier alpha value is -2.69. The molecule has 1 saturated heterocycles. The first-order valence-electron chi connectivity index (χ1n) is 11.3. The first-order valence-corrected chi connectivity index (χ1v) is 11.7. The quantitative estimate of drug-likeness (QED) is 0.561. The number of hydrogen-bond donors (Lipinski definition) is 2. The van der Waals surface area contributed by atoms with Crippen molar-refractivity contribution in [2.45, 2.75) is 38.8 Å². The number of carbonyl (C=O) groups is 1. The van der Waals surface area contributed by atoms with Gasteiger partial charge in [-0.1, -0.05) is 11.6 Å². The Balaban J connectivity index is 1.86. The fourth-order valence-corrected chi connectivity index (χ4v) is 3.79. The smallest absolute Gasteiger partial charge is 0.410 e. The van der Waals surface area contributed by atoms with Crippen LogP contribution in [0.3, 0.4) is 0 Å². The van der Waals surface area contributed by atoms with Crippen molar-refractivity contribution in [1.82, 2.24) is 24.8 Å². The molecule has 1 aromatic heterocycles. The number of morpholine rings is 1. The van der Waals surface area contributed by atoms with Crippen molar-refractivity contribution in [3.63, 3.8) is 0 Å². The molecule has 0 radical (unpaired) electrons. The van der Waals surface area contributed by atoms with E-state index in [9.17, 15) is 4.79 Å². The van der Waals surface area contributed by atoms with E-state index in [2.05, 4.69) is 25.2 Å². The second kappa shape index (κ2) is 11.2. The molecule has 10 nitrogen and oxygen atoms in total. The van der Waals surface area contributed by atoms with Crippen LogP contribution in [0.4, 0.5) is 16.7 Å². The standard InChI is InChI=1S/C23H34ClN7O3/c1-23(2,3)34-22(32)31-9-10-33-14-18(31)15-11-16(13-17(24)12-15)19-27-20(25)29-21(28-19)26-7-6-8-30(4)5/h11-13,18H,6-10,14H2,1-5H3,(H3,25,26,27,28,29)/t18-/m0/s1. The largest absolute Gasteiger partial charge is 0.444 e. The van der Waals surface area contributed by atoms with Gasteiger partial charge in [0.1, 0.15) is 5.60 Å². The number of nitrogens with zero attached hydrogens (tertiary/aromatic N) is 5. The molecule has 3 N–H and O–H groups in total. The number of benzene rings is 1. The maximum atomic E-state index is 12.8. The first-order chi connectivity index (χ1) is 16.0. The van der Waals surface area contributed by atoms with Crippen LogP contribution in [0.2, 0.25) is 5.02 Å². The van der Waals surface area contributed by atoms with Gasteiger partial charge in [-0.25, -0.2) is 4.79 Å². The Morgan fingerprint density at radius 3 is 2.76 bits per heavy atom. The van der Waals surface area contributed by atoms with Crippen molar-refractivity contribution in [2.24, 2.45) is 0 Å². The summed E-state index contributed by atoms with van der Waals surface area (Å²) in [5, 5.41) is 3.68. The van der Waals surface area contributed by atoms with Gasteiger partial charge in [0.2, 0.25) is 11.9 Å². The predicted octanol–water partition coefficient (Wildman–Crippen LogP) is 3.45. The third-order valence-electron chi connectivity index (χ3n) is 5.04. The Kier molecular flexibility index (Phi) is 8.51. The molecule has 1 amide bonds. The zero-order chi connectivity index (χ0) is 24.9. The molecule has 0 unspecified atom stereocenters. The van der Waals surface area contributed by atoms with E-state index in [4.69, 9.17) is 26.8 Å². The average Bonchev–Trinajstić information content (AvgIpc) is 2.74. The van der Waals surface area contributed by atoms with Crippen molar-refractivity contribution in [3.8, 4) is 11.4 Å². The van der Waals surface area contributed by atoms with Crippen LogP contribution in [0.15, 0.2) is 18.2 Å². The lowest BCUT2D eigenvalue weighted by Crippen LogP contribution is -2.45. The van der Waals surface area contributed by atoms with Gasteiger partial charge in [0.25, 0.3) is 0 Å². The number of anilines is 2. The summed E-state index contributed by atoms with van der Waals surface area (Å²) in [5.74, 6) is 0.907. The molecule has 1 fully saturated rings. The normalized spacial score (nSPS) is 16.6. The van der Waals surface area contributed by atoms with Crippen molar-refractivity contribution < 1.29 is 14.3 Å². The molecule has 2 aromatic rings. The number of hydrogen-bond acceptors (Lipinski definition) is 9. The predicted molar refractivity (Wildman–Crippen MR) is 133 cm³/mol. The lowest BCUT2D eigenvalue weighted by atomic mass is 10.0. The highest BCUT2D eigenvalue weighted by Crippen LogP contribution is 2.32. The molecule has 3 rings (SSSR count). The molecule has 34 heavy (non-hydrogen) atoms. The van der Waals surface area contributed by atoms with E-state index in [-0.39, 0.29) is 12.0 Å². The third kappa shape index (κ3) is 7.41. The fourth-order valence-electron chi connectivity index (χ4n) is 3.55. The highest BCUT2D eigenvalue weighted by molar-refractivity contribution is 6.31. The minimum Gasteiger partial charge on any atom is -0.444 e. The molecular weight excluding hydrogens is 458 g/mol. The Labute approximate surface area is 205 Å². The Morgan fingerprint density at radius 1 is 1.29 bits per heavy atom. The van der Waals surface area contributed by atoms with Gasteiger partial charge in [-0.15, -0.1) is 0 Å². The number of halogens is 1. The summed E-state index contributed by atoms with van der Waals surface area (Å²) in [5.41, 5.74) is 6.82. The van der Waals surface area contributed by atoms with Crippen LogP contribution < -0.4 is 11.1 Å². The van der Waals surface area contributed by atoms with Gasteiger partial charge in [0.15, 0.2) is 5.82 Å². The molecule has 2 heterocycles. The second-order valence-corrected chi connectivity index (χ2v) is 9.90. The molecule has 1 aliphatic rings. The van der Waals surface area contributed by atoms with Crippen molar-refractivity contribution in [2.75, 3.05) is 58.0 Å². The average molecular weight is 492 g/mol. The number of nitrogen functional groups attached to an aromatic ring is 1. The molecule has 0 saturated carbocycles. The Morgan fingerprint density at radius 2 is 2.06 bits per heavy atom. The monoisotopic (exact) mass is 491 g/mol. The summed E-state index contributed by atoms with van der Waals surface area (Å²) in [4.78, 5) is 29.6. The number of nitrogens with two attached hydrogens (primary N) is 1. The fraction of sp³-hybridized carbons (Fsp3) is 0.565. The van der Waals surface area contributed by atoms with Crippen molar-refractivity contribution in [3.05, 3.63) is 28.8 Å². The summed E-state index contributed by atoms with van der Waals surface area (Å²) >= 11 is 6.47. The zero-order valence-corrected chi connectivity index (χ0v) is 21.2. The van der Waals surface area contributed by atoms with E-state index in [0.717, 1.165) is 18.5 Å². The van der Waals surface area contributed by atoms with Crippen LogP contribution in [0.25, 0.3) is 11.4 Å². The lowest BCUT2D eigenvalue weighted by molar-refractivity contribution is -0.0331. The summed E-state index contributed by atoms with van der Waals surface area (Å²) in [6.07, 6.45) is 0.535. The molecule has 186 valence electrons. The summed E-state index contributed by atoms with van der Waals surface area (Å²) in [6, 6.07) is 5.11. The molecular formula is C23H34ClN7O3. The van der Waals surface area contributed by atoms with Gasteiger partial charge in [-0.05, 0) is 71.6 Å². The minimum absolute atomic E-state index is 0.109. The topological polar surface area (TPSA) is 119 Å². The molecule has 1 aliphatic heterocycles. The van der Waals surface area contributed by atoms with Gasteiger partial charge in [0.05, 0.1) is 19.3 Å². The number of amides is 1. The van der Waals surface area contributed by atoms with E-state index >= 15 is 0 Å². The van der Waals surface area contributed by atoms with Gasteiger partial charge in [0, 0.05) is 23.7 Å². The van der Waals surface area contributed by atoms with Gasteiger partial charge < -0.3 is 25.4 Å². The summed E-state index contributed by atoms with van der Waals surface area (Å²) < 4.78 is 11.3. The van der Waals surface area contributed by atoms with E-state index < -0.39 is 11.7 Å². The first kappa shape index (κ1) is 25.9. The maximum Gasteiger partial charge on any atom is 0.410 e. The number of rotatable bonds is 7. The van der Waals surface area contributed by atoms with E-state index in [1.165, 1.54) is 0 Å². The van der Waals surface area contributed by atoms with E-state index in [0.29, 0.717) is 48.7 Å². The molecule has 1 atom stereocenters. The summed E-state index contributed by atoms with van der Waals surface area (Å²) in [7, 11) is 4.05. The Bertz CT molecular complexity index is 997. The van der Waals surface area contributed by atoms with Gasteiger partial charge in [-0.3, -0.25) is 4.90 Å². The third-order valence-corrected chi connectivity index (χ3v) is 5.26. The molecule has 1 aromatic carbocycles. The minimum atomic E-state index is -0.599. The SMILES string of the molecule is CN(C)CCCNc1nc(N)nc(-c2cc(Cl)cc([C@@H]3COCCN3C(=O)OC(C)(C)C)c2)n1. The summed E-state index contributed by atoms with van der Waals surface area (Å²) in [6.45, 7) is 8.36. The lowest BCUT2D eigenvalue weighted by Gasteiger charge is -2.37. The van der Waals surface area contributed by atoms with E-state index in [1.54, 1.807) is 11.0 Å². The number of aromatic nitrogens is 3. The molecule has 11 heteroatoms. The van der Waals surface area contributed by atoms with Crippen LogP contribution in [0, 0.1) is 0 Å². The highest BCUT2D eigenvalue weighted by Gasteiger charge is 2.32. The van der Waals surface area contributed by atoms with Crippen LogP contribution in [0.5, 0.6) is 0 Å². The number of nitrogens with one attached hydrogen (secondary N) is 1. The number of ether oxygens (including phenoxy) is 2. The van der Waals surface area contributed by atoms with Crippen LogP contribution >= 0.6 is 11.6 Å². The van der Waals surface area contributed by atoms with Crippen LogP contribution in [0.1, 0.15) is 38.8 Å². The highest BCUT2D eigenvalue weighted by atomic mass is 35.5. The molecule has 0 bridgehead atoms. The second-order valence-electron chi connectivity index (χ2n) is 9.46. The van der Waals surface area contributed by atoms with Crippen LogP contribution in [-0.4, -0.2) is 83.4 Å².